The molecule has 3 rings (SSSR count). The van der Waals surface area contributed by atoms with Crippen molar-refractivity contribution >= 4 is 5.69 Å². The lowest BCUT2D eigenvalue weighted by atomic mass is 9.94. The molecule has 0 radical (unpaired) electrons. The van der Waals surface area contributed by atoms with Gasteiger partial charge < -0.3 is 10.1 Å². The normalized spacial score (nSPS) is 17.1. The number of aryl methyl sites for hydroxylation is 1. The van der Waals surface area contributed by atoms with Crippen LogP contribution in [-0.2, 0) is 12.8 Å². The van der Waals surface area contributed by atoms with Gasteiger partial charge in [0.15, 0.2) is 0 Å². The summed E-state index contributed by atoms with van der Waals surface area (Å²) in [7, 11) is 0. The summed E-state index contributed by atoms with van der Waals surface area (Å²) < 4.78 is 5.48. The highest BCUT2D eigenvalue weighted by Gasteiger charge is 2.17. The second-order valence-electron chi connectivity index (χ2n) is 5.32. The molecular weight excluding hydrogens is 246 g/mol. The highest BCUT2D eigenvalue weighted by molar-refractivity contribution is 5.54. The van der Waals surface area contributed by atoms with Crippen molar-refractivity contribution in [2.45, 2.75) is 32.2 Å². The van der Waals surface area contributed by atoms with Gasteiger partial charge in [-0.05, 0) is 55.5 Å². The number of fused-ring (bicyclic) bond motifs is 1. The minimum atomic E-state index is 0.530. The van der Waals surface area contributed by atoms with Crippen LogP contribution in [0.25, 0.3) is 0 Å². The maximum Gasteiger partial charge on any atom is 0.119 e. The van der Waals surface area contributed by atoms with Gasteiger partial charge in [0.05, 0.1) is 6.61 Å². The van der Waals surface area contributed by atoms with Crippen LogP contribution < -0.4 is 10.1 Å². The van der Waals surface area contributed by atoms with Crippen LogP contribution in [0.15, 0.2) is 48.5 Å². The summed E-state index contributed by atoms with van der Waals surface area (Å²) in [5.41, 5.74) is 4.11. The van der Waals surface area contributed by atoms with Gasteiger partial charge in [0.1, 0.15) is 5.75 Å². The fraction of sp³-hybridized carbons (Fsp3) is 0.333. The number of nitrogens with one attached hydrogen (secondary N) is 1. The summed E-state index contributed by atoms with van der Waals surface area (Å²) in [6, 6.07) is 17.6. The highest BCUT2D eigenvalue weighted by atomic mass is 16.5. The second kappa shape index (κ2) is 6.00. The Hall–Kier alpha value is -1.96. The number of ether oxygens (including phenoxy) is 1. The predicted molar refractivity (Wildman–Crippen MR) is 83.5 cm³/mol. The van der Waals surface area contributed by atoms with E-state index in [2.05, 4.69) is 53.8 Å². The molecule has 0 spiro atoms. The van der Waals surface area contributed by atoms with E-state index >= 15 is 0 Å². The van der Waals surface area contributed by atoms with Gasteiger partial charge in [0.2, 0.25) is 0 Å². The van der Waals surface area contributed by atoms with Crippen molar-refractivity contribution in [2.75, 3.05) is 11.9 Å². The Kier molecular flexibility index (Phi) is 3.91. The lowest BCUT2D eigenvalue weighted by Crippen LogP contribution is -2.27. The lowest BCUT2D eigenvalue weighted by Gasteiger charge is -2.27. The Bertz CT molecular complexity index is 562. The van der Waals surface area contributed by atoms with Crippen LogP contribution >= 0.6 is 0 Å². The van der Waals surface area contributed by atoms with Crippen molar-refractivity contribution in [3.05, 3.63) is 59.7 Å². The van der Waals surface area contributed by atoms with E-state index in [0.717, 1.165) is 18.8 Å². The standard InChI is InChI=1S/C18H21NO/c1-2-20-17-11-7-14(8-12-17)13-16-10-9-15-5-3-4-6-18(15)19-16/h3-8,11-12,16,19H,2,9-10,13H2,1H3. The molecule has 0 saturated carbocycles. The lowest BCUT2D eigenvalue weighted by molar-refractivity contribution is 0.340. The SMILES string of the molecule is CCOc1ccc(CC2CCc3ccccc3N2)cc1. The fourth-order valence-electron chi connectivity index (χ4n) is 2.83. The van der Waals surface area contributed by atoms with E-state index in [9.17, 15) is 0 Å². The van der Waals surface area contributed by atoms with Crippen molar-refractivity contribution in [1.82, 2.24) is 0 Å². The summed E-state index contributed by atoms with van der Waals surface area (Å²) in [6.07, 6.45) is 3.44. The molecule has 0 amide bonds. The zero-order valence-electron chi connectivity index (χ0n) is 11.9. The van der Waals surface area contributed by atoms with E-state index < -0.39 is 0 Å². The molecule has 0 fully saturated rings. The molecule has 2 aromatic carbocycles. The Morgan fingerprint density at radius 2 is 1.90 bits per heavy atom. The molecule has 0 aliphatic carbocycles. The van der Waals surface area contributed by atoms with Gasteiger partial charge in [-0.3, -0.25) is 0 Å². The number of hydrogen-bond acceptors (Lipinski definition) is 2. The van der Waals surface area contributed by atoms with Gasteiger partial charge in [-0.25, -0.2) is 0 Å². The van der Waals surface area contributed by atoms with Crippen molar-refractivity contribution < 1.29 is 4.74 Å². The van der Waals surface area contributed by atoms with Crippen LogP contribution in [0.2, 0.25) is 0 Å². The molecule has 20 heavy (non-hydrogen) atoms. The van der Waals surface area contributed by atoms with E-state index in [1.54, 1.807) is 0 Å². The Morgan fingerprint density at radius 3 is 2.70 bits per heavy atom. The van der Waals surface area contributed by atoms with Gasteiger partial charge >= 0.3 is 0 Å². The molecule has 2 heteroatoms. The largest absolute Gasteiger partial charge is 0.494 e. The molecule has 1 aliphatic heterocycles. The quantitative estimate of drug-likeness (QED) is 0.902. The van der Waals surface area contributed by atoms with E-state index in [1.165, 1.54) is 29.7 Å². The molecule has 104 valence electrons. The number of hydrogen-bond donors (Lipinski definition) is 1. The average molecular weight is 267 g/mol. The monoisotopic (exact) mass is 267 g/mol. The topological polar surface area (TPSA) is 21.3 Å². The third-order valence-electron chi connectivity index (χ3n) is 3.86. The smallest absolute Gasteiger partial charge is 0.119 e. The molecule has 1 heterocycles. The maximum absolute atomic E-state index is 5.48. The number of rotatable bonds is 4. The number of benzene rings is 2. The van der Waals surface area contributed by atoms with E-state index in [4.69, 9.17) is 4.74 Å². The summed E-state index contributed by atoms with van der Waals surface area (Å²) >= 11 is 0. The maximum atomic E-state index is 5.48. The molecule has 0 bridgehead atoms. The molecule has 2 aromatic rings. The summed E-state index contributed by atoms with van der Waals surface area (Å²) in [5.74, 6) is 0.957. The minimum absolute atomic E-state index is 0.530. The van der Waals surface area contributed by atoms with Crippen molar-refractivity contribution in [3.8, 4) is 5.75 Å². The highest BCUT2D eigenvalue weighted by Crippen LogP contribution is 2.26. The van der Waals surface area contributed by atoms with Crippen LogP contribution in [-0.4, -0.2) is 12.6 Å². The third-order valence-corrected chi connectivity index (χ3v) is 3.86. The van der Waals surface area contributed by atoms with Gasteiger partial charge in [-0.2, -0.15) is 0 Å². The van der Waals surface area contributed by atoms with Crippen LogP contribution in [0.5, 0.6) is 5.75 Å². The first kappa shape index (κ1) is 13.0. The molecular formula is C18H21NO. The van der Waals surface area contributed by atoms with Crippen molar-refractivity contribution in [3.63, 3.8) is 0 Å². The summed E-state index contributed by atoms with van der Waals surface area (Å²) in [5, 5.41) is 3.65. The zero-order chi connectivity index (χ0) is 13.8. The fourth-order valence-corrected chi connectivity index (χ4v) is 2.83. The Labute approximate surface area is 120 Å². The number of anilines is 1. The van der Waals surface area contributed by atoms with Gasteiger partial charge in [-0.1, -0.05) is 30.3 Å². The first-order valence-electron chi connectivity index (χ1n) is 7.41. The van der Waals surface area contributed by atoms with Crippen LogP contribution in [0.3, 0.4) is 0 Å². The average Bonchev–Trinajstić information content (AvgIpc) is 2.49. The third kappa shape index (κ3) is 2.96. The Balaban J connectivity index is 1.64. The van der Waals surface area contributed by atoms with Gasteiger partial charge in [0.25, 0.3) is 0 Å². The Morgan fingerprint density at radius 1 is 1.10 bits per heavy atom. The molecule has 1 unspecified atom stereocenters. The first-order chi connectivity index (χ1) is 9.85. The van der Waals surface area contributed by atoms with Gasteiger partial charge in [0, 0.05) is 11.7 Å². The van der Waals surface area contributed by atoms with E-state index in [0.29, 0.717) is 6.04 Å². The van der Waals surface area contributed by atoms with Crippen LogP contribution in [0.4, 0.5) is 5.69 Å². The zero-order valence-corrected chi connectivity index (χ0v) is 11.9. The molecule has 0 saturated heterocycles. The van der Waals surface area contributed by atoms with Crippen LogP contribution in [0.1, 0.15) is 24.5 Å². The predicted octanol–water partition coefficient (Wildman–Crippen LogP) is 4.05. The van der Waals surface area contributed by atoms with E-state index in [1.807, 2.05) is 6.92 Å². The summed E-state index contributed by atoms with van der Waals surface area (Å²) in [6.45, 7) is 2.73. The molecule has 2 nitrogen and oxygen atoms in total. The first-order valence-corrected chi connectivity index (χ1v) is 7.41. The van der Waals surface area contributed by atoms with Crippen molar-refractivity contribution in [2.24, 2.45) is 0 Å². The minimum Gasteiger partial charge on any atom is -0.494 e. The molecule has 1 aliphatic rings. The van der Waals surface area contributed by atoms with Gasteiger partial charge in [-0.15, -0.1) is 0 Å². The van der Waals surface area contributed by atoms with E-state index in [-0.39, 0.29) is 0 Å². The molecule has 0 aromatic heterocycles. The second-order valence-corrected chi connectivity index (χ2v) is 5.32. The van der Waals surface area contributed by atoms with Crippen molar-refractivity contribution in [1.29, 1.82) is 0 Å². The molecule has 1 N–H and O–H groups in total. The number of para-hydroxylation sites is 1. The summed E-state index contributed by atoms with van der Waals surface area (Å²) in [4.78, 5) is 0. The molecule has 1 atom stereocenters. The van der Waals surface area contributed by atoms with Crippen LogP contribution in [0, 0.1) is 0 Å².